The molecule has 86 valence electrons. The molecule has 16 heavy (non-hydrogen) atoms. The summed E-state index contributed by atoms with van der Waals surface area (Å²) in [5.74, 6) is 0. The number of hydrogen-bond donors (Lipinski definition) is 1. The van der Waals surface area contributed by atoms with Crippen LogP contribution in [0.2, 0.25) is 0 Å². The number of rotatable bonds is 2. The minimum Gasteiger partial charge on any atom is -0.344 e. The predicted octanol–water partition coefficient (Wildman–Crippen LogP) is 4.19. The monoisotopic (exact) mass is 299 g/mol. The highest BCUT2D eigenvalue weighted by Crippen LogP contribution is 2.23. The maximum absolute atomic E-state index is 11.7. The van der Waals surface area contributed by atoms with Gasteiger partial charge >= 0.3 is 0 Å². The smallest absolute Gasteiger partial charge is 0.284 e. The zero-order valence-corrected chi connectivity index (χ0v) is 11.3. The summed E-state index contributed by atoms with van der Waals surface area (Å²) in [5.41, 5.74) is 0. The van der Waals surface area contributed by atoms with E-state index in [9.17, 15) is 4.79 Å². The van der Waals surface area contributed by atoms with Crippen LogP contribution in [0.15, 0.2) is 33.6 Å². The van der Waals surface area contributed by atoms with Crippen molar-refractivity contribution in [3.05, 3.63) is 28.7 Å². The van der Waals surface area contributed by atoms with Gasteiger partial charge in [-0.1, -0.05) is 28.8 Å². The van der Waals surface area contributed by atoms with Crippen LogP contribution in [0.4, 0.5) is 4.79 Å². The second-order valence-corrected chi connectivity index (χ2v) is 5.93. The van der Waals surface area contributed by atoms with E-state index in [0.717, 1.165) is 22.2 Å². The zero-order valence-electron chi connectivity index (χ0n) is 8.91. The summed E-state index contributed by atoms with van der Waals surface area (Å²) >= 11 is 4.64. The van der Waals surface area contributed by atoms with Gasteiger partial charge in [0, 0.05) is 15.4 Å². The molecule has 0 heterocycles. The molecule has 1 aliphatic rings. The van der Waals surface area contributed by atoms with Gasteiger partial charge in [0.1, 0.15) is 0 Å². The van der Waals surface area contributed by atoms with E-state index in [4.69, 9.17) is 0 Å². The normalized spacial score (nSPS) is 16.3. The van der Waals surface area contributed by atoms with E-state index in [-0.39, 0.29) is 5.24 Å². The van der Waals surface area contributed by atoms with Gasteiger partial charge in [-0.25, -0.2) is 0 Å². The fourth-order valence-electron chi connectivity index (χ4n) is 1.88. The lowest BCUT2D eigenvalue weighted by atomic mass is 10.3. The SMILES string of the molecule is O=C(NC1CCCC1)Sc1ccc(Br)cc1. The average molecular weight is 300 g/mol. The first kappa shape index (κ1) is 12.0. The summed E-state index contributed by atoms with van der Waals surface area (Å²) in [6.45, 7) is 0. The first-order valence-corrected chi connectivity index (χ1v) is 7.09. The van der Waals surface area contributed by atoms with Crippen molar-refractivity contribution < 1.29 is 4.79 Å². The third-order valence-corrected chi connectivity index (χ3v) is 4.04. The van der Waals surface area contributed by atoms with Gasteiger partial charge in [-0.2, -0.15) is 0 Å². The molecular weight excluding hydrogens is 286 g/mol. The van der Waals surface area contributed by atoms with Gasteiger partial charge in [0.25, 0.3) is 5.24 Å². The maximum Gasteiger partial charge on any atom is 0.284 e. The van der Waals surface area contributed by atoms with Crippen LogP contribution in [0.1, 0.15) is 25.7 Å². The topological polar surface area (TPSA) is 29.1 Å². The first-order valence-electron chi connectivity index (χ1n) is 5.48. The lowest BCUT2D eigenvalue weighted by Crippen LogP contribution is -2.29. The van der Waals surface area contributed by atoms with Crippen molar-refractivity contribution >= 4 is 32.9 Å². The standard InChI is InChI=1S/C12H14BrNOS/c13-9-5-7-11(8-6-9)16-12(15)14-10-3-1-2-4-10/h5-8,10H,1-4H2,(H,14,15). The third kappa shape index (κ3) is 3.52. The Morgan fingerprint density at radius 3 is 2.50 bits per heavy atom. The van der Waals surface area contributed by atoms with Crippen molar-refractivity contribution in [1.82, 2.24) is 5.32 Å². The minimum atomic E-state index is 0.0641. The summed E-state index contributed by atoms with van der Waals surface area (Å²) < 4.78 is 1.04. The molecule has 0 bridgehead atoms. The number of nitrogens with one attached hydrogen (secondary N) is 1. The van der Waals surface area contributed by atoms with Crippen LogP contribution < -0.4 is 5.32 Å². The Hall–Kier alpha value is -0.480. The maximum atomic E-state index is 11.7. The van der Waals surface area contributed by atoms with Crippen molar-refractivity contribution in [2.24, 2.45) is 0 Å². The molecule has 2 rings (SSSR count). The van der Waals surface area contributed by atoms with E-state index in [1.165, 1.54) is 24.6 Å². The second kappa shape index (κ2) is 5.73. The molecular formula is C12H14BrNOS. The van der Waals surface area contributed by atoms with Gasteiger partial charge in [-0.3, -0.25) is 4.79 Å². The highest BCUT2D eigenvalue weighted by atomic mass is 79.9. The molecule has 1 aliphatic carbocycles. The Labute approximate surface area is 108 Å². The summed E-state index contributed by atoms with van der Waals surface area (Å²) in [6, 6.07) is 8.19. The zero-order chi connectivity index (χ0) is 11.4. The molecule has 0 unspecified atom stereocenters. The Balaban J connectivity index is 1.84. The van der Waals surface area contributed by atoms with E-state index in [1.807, 2.05) is 24.3 Å². The van der Waals surface area contributed by atoms with Crippen LogP contribution in [0.25, 0.3) is 0 Å². The van der Waals surface area contributed by atoms with Crippen molar-refractivity contribution in [3.8, 4) is 0 Å². The van der Waals surface area contributed by atoms with Gasteiger partial charge in [-0.15, -0.1) is 0 Å². The summed E-state index contributed by atoms with van der Waals surface area (Å²) in [5, 5.41) is 3.12. The van der Waals surface area contributed by atoms with Crippen molar-refractivity contribution in [2.45, 2.75) is 36.6 Å². The van der Waals surface area contributed by atoms with Crippen molar-refractivity contribution in [1.29, 1.82) is 0 Å². The summed E-state index contributed by atoms with van der Waals surface area (Å²) in [6.07, 6.45) is 4.75. The number of carbonyl (C=O) groups is 1. The van der Waals surface area contributed by atoms with Gasteiger partial charge in [-0.05, 0) is 48.9 Å². The predicted molar refractivity (Wildman–Crippen MR) is 70.8 cm³/mol. The van der Waals surface area contributed by atoms with Gasteiger partial charge < -0.3 is 5.32 Å². The number of carbonyl (C=O) groups excluding carboxylic acids is 1. The largest absolute Gasteiger partial charge is 0.344 e. The molecule has 0 aliphatic heterocycles. The molecule has 0 aromatic heterocycles. The number of halogens is 1. The van der Waals surface area contributed by atoms with E-state index in [0.29, 0.717) is 6.04 Å². The van der Waals surface area contributed by atoms with E-state index in [2.05, 4.69) is 21.2 Å². The second-order valence-electron chi connectivity index (χ2n) is 3.97. The first-order chi connectivity index (χ1) is 7.74. The molecule has 0 spiro atoms. The van der Waals surface area contributed by atoms with Gasteiger partial charge in [0.15, 0.2) is 0 Å². The molecule has 0 atom stereocenters. The molecule has 1 saturated carbocycles. The van der Waals surface area contributed by atoms with E-state index >= 15 is 0 Å². The molecule has 0 radical (unpaired) electrons. The fourth-order valence-corrected chi connectivity index (χ4v) is 2.85. The lowest BCUT2D eigenvalue weighted by molar-refractivity contribution is 0.257. The van der Waals surface area contributed by atoms with Crippen LogP contribution in [-0.4, -0.2) is 11.3 Å². The van der Waals surface area contributed by atoms with Gasteiger partial charge in [0.2, 0.25) is 0 Å². The Morgan fingerprint density at radius 1 is 1.25 bits per heavy atom. The Morgan fingerprint density at radius 2 is 1.88 bits per heavy atom. The van der Waals surface area contributed by atoms with Crippen LogP contribution in [0.5, 0.6) is 0 Å². The quantitative estimate of drug-likeness (QED) is 0.830. The van der Waals surface area contributed by atoms with E-state index in [1.54, 1.807) is 0 Å². The number of thioether (sulfide) groups is 1. The van der Waals surface area contributed by atoms with Crippen LogP contribution >= 0.6 is 27.7 Å². The molecule has 0 saturated heterocycles. The average Bonchev–Trinajstić information content (AvgIpc) is 2.74. The Kier molecular flexibility index (Phi) is 4.29. The fraction of sp³-hybridized carbons (Fsp3) is 0.417. The number of benzene rings is 1. The lowest BCUT2D eigenvalue weighted by Gasteiger charge is -2.10. The third-order valence-electron chi connectivity index (χ3n) is 2.70. The molecule has 1 aromatic carbocycles. The van der Waals surface area contributed by atoms with Crippen LogP contribution in [-0.2, 0) is 0 Å². The summed E-state index contributed by atoms with van der Waals surface area (Å²) in [4.78, 5) is 12.7. The van der Waals surface area contributed by atoms with Gasteiger partial charge in [0.05, 0.1) is 0 Å². The van der Waals surface area contributed by atoms with E-state index < -0.39 is 0 Å². The molecule has 1 N–H and O–H groups in total. The number of amides is 1. The molecule has 1 aromatic rings. The number of hydrogen-bond acceptors (Lipinski definition) is 2. The highest BCUT2D eigenvalue weighted by molar-refractivity contribution is 9.10. The highest BCUT2D eigenvalue weighted by Gasteiger charge is 2.17. The minimum absolute atomic E-state index is 0.0641. The molecule has 1 fully saturated rings. The van der Waals surface area contributed by atoms with Crippen LogP contribution in [0.3, 0.4) is 0 Å². The Bertz CT molecular complexity index is 360. The van der Waals surface area contributed by atoms with Crippen molar-refractivity contribution in [2.75, 3.05) is 0 Å². The molecule has 2 nitrogen and oxygen atoms in total. The summed E-state index contributed by atoms with van der Waals surface area (Å²) in [7, 11) is 0. The molecule has 1 amide bonds. The molecule has 4 heteroatoms. The van der Waals surface area contributed by atoms with Crippen molar-refractivity contribution in [3.63, 3.8) is 0 Å². The van der Waals surface area contributed by atoms with Crippen LogP contribution in [0, 0.1) is 0 Å².